The number of alkyl halides is 3. The molecule has 3 aliphatic rings. The number of ketones is 2. The van der Waals surface area contributed by atoms with Crippen molar-refractivity contribution < 1.29 is 51.7 Å². The highest BCUT2D eigenvalue weighted by Crippen LogP contribution is 2.25. The van der Waals surface area contributed by atoms with Gasteiger partial charge in [0, 0.05) is 375 Å². The number of Topliss-reactive ketones (excluding diaryl/α,β-unsaturated/α-hetero) is 2. The molecule has 614 valence electrons. The Hall–Kier alpha value is 2.85. The molecule has 6 heterocycles. The van der Waals surface area contributed by atoms with Crippen LogP contribution in [0.4, 0.5) is 28.6 Å². The number of aliphatic carboxylic acids is 1. The molecular formula is C51H76Cl2F3N7O8S36. The summed E-state index contributed by atoms with van der Waals surface area (Å²) in [7, 11) is 48.9. The number of pyridine rings is 3. The molecule has 3 aromatic rings. The number of nitrogens with one attached hydrogen (secondary N) is 1. The smallest absolute Gasteiger partial charge is 0.411 e. The number of carboxylic acids is 1. The predicted molar refractivity (Wildman–Crippen MR) is 538 cm³/mol. The lowest BCUT2D eigenvalue weighted by molar-refractivity contribution is -0.143. The van der Waals surface area contributed by atoms with E-state index >= 15 is 0 Å². The predicted octanol–water partition coefficient (Wildman–Crippen LogP) is 9.54. The number of rotatable bonds is 7. The minimum absolute atomic E-state index is 0. The second-order valence-corrected chi connectivity index (χ2v) is 74.8. The summed E-state index contributed by atoms with van der Waals surface area (Å²) >= 11 is 28.1. The van der Waals surface area contributed by atoms with Gasteiger partial charge in [-0.25, -0.2) is 32.5 Å². The first-order valence-corrected chi connectivity index (χ1v) is 73.3. The van der Waals surface area contributed by atoms with E-state index in [4.69, 9.17) is 42.7 Å². The van der Waals surface area contributed by atoms with Crippen molar-refractivity contribution in [1.82, 2.24) is 30.1 Å². The lowest BCUT2D eigenvalue weighted by atomic mass is 10.0. The van der Waals surface area contributed by atoms with Crippen LogP contribution in [0.5, 0.6) is 0 Å². The van der Waals surface area contributed by atoms with E-state index in [0.29, 0.717) is 50.2 Å². The van der Waals surface area contributed by atoms with Crippen LogP contribution in [0.25, 0.3) is 0 Å². The molecule has 56 heteroatoms. The van der Waals surface area contributed by atoms with Crippen molar-refractivity contribution in [3.8, 4) is 0 Å². The number of anilines is 1. The molecule has 0 aliphatic carbocycles. The fourth-order valence-electron chi connectivity index (χ4n) is 7.93. The molecule has 3 fully saturated rings. The summed E-state index contributed by atoms with van der Waals surface area (Å²) in [6, 6.07) is 14.9. The normalized spacial score (nSPS) is 16.5. The van der Waals surface area contributed by atoms with Crippen molar-refractivity contribution in [2.75, 3.05) is 25.4 Å². The van der Waals surface area contributed by atoms with Gasteiger partial charge in [0.2, 0.25) is 0 Å². The van der Waals surface area contributed by atoms with Gasteiger partial charge in [-0.15, -0.1) is 24.8 Å². The maximum atomic E-state index is 13.8. The number of likely N-dealkylation sites (tertiary alicyclic amines) is 2. The van der Waals surface area contributed by atoms with E-state index in [9.17, 15) is 37.1 Å². The summed E-state index contributed by atoms with van der Waals surface area (Å²) in [4.78, 5) is 75.6. The van der Waals surface area contributed by atoms with Crippen molar-refractivity contribution >= 4 is 394 Å². The number of aromatic nitrogens is 3. The third-order valence-corrected chi connectivity index (χ3v) is 71.8. The van der Waals surface area contributed by atoms with Gasteiger partial charge < -0.3 is 25.6 Å². The standard InChI is InChI=1S/C19H27FN2O3.C14H19FN2O.C12H20FNO4.C6H8N2.2ClH.S13.S12.S11/c1-13-6-5-7-15(21-13)12-17(23)16-9-8-14(20)10-11-22(16)18(24)25-19(2,3)4;1-10-3-2-4-12(17-10)9-14(18)13-6-5-11(15)7-8-16-13;1-12(2,3)18-11(17)14-7-6-8(13)4-5-9(14)10(15)16;1-5-3-2-4-6(7)8-5;;;1-3-5-7-9-11-13-12-10-8-6-4-2;1-3-5-7-9-11-12-10-8-6-4-2;1-3-5-7-9-11-10-8-6-4-2/h5-7,14,16H,8-12H2,1-4H3;2-4,11,13,16H,5-9H2,1H3;8-9H,4-7H2,1-3H3,(H,15,16);2-4H,1H3,(H2,7,8);2*1H;;;/t14?,16-;11?,13-;8?,9-;;;;;;/m000....../s1. The number of nitrogen functional groups attached to an aromatic ring is 1. The largest absolute Gasteiger partial charge is 0.480 e. The molecule has 0 radical (unpaired) electrons. The molecule has 0 aromatic carbocycles. The maximum Gasteiger partial charge on any atom is 0.411 e. The van der Waals surface area contributed by atoms with Crippen LogP contribution in [-0.2, 0) is 370 Å². The summed E-state index contributed by atoms with van der Waals surface area (Å²) in [5.74, 6) is -0.541. The lowest BCUT2D eigenvalue weighted by Crippen LogP contribution is -2.47. The van der Waals surface area contributed by atoms with E-state index in [1.807, 2.05) is 63.2 Å². The van der Waals surface area contributed by atoms with Gasteiger partial charge in [-0.1, -0.05) is 18.2 Å². The number of carbonyl (C=O) groups excluding carboxylic acids is 4. The average molecular weight is 2200 g/mol. The number of ether oxygens (including phenoxy) is 2. The van der Waals surface area contributed by atoms with Crippen LogP contribution >= 0.6 is 24.8 Å². The van der Waals surface area contributed by atoms with Crippen LogP contribution in [-0.4, -0.2) is 127 Å². The van der Waals surface area contributed by atoms with E-state index in [2.05, 4.69) is 65.0 Å². The summed E-state index contributed by atoms with van der Waals surface area (Å²) < 4.78 is 50.9. The Morgan fingerprint density at radius 1 is 0.449 bits per heavy atom. The molecule has 0 saturated carbocycles. The number of carbonyl (C=O) groups is 5. The zero-order chi connectivity index (χ0) is 78.7. The SMILES string of the molecule is CC(C)(C)OC(=O)N1CCC(F)CC[C@H]1C(=O)O.Cc1cccc(CC(=O)[C@@H]2CCC(F)CCN2)n1.Cc1cccc(CC(=O)[C@@H]2CCC(F)CCN2C(=O)OC(C)(C)C)n1.Cc1cccc(N)n1.Cl.Cl.S=S=S=S=S=S=S=S=S=S=S.S=S=S=S=S=S=S=S=S=S=S=S.S=S=S=S=S=S=S=S=S=S=S=S=S. The number of carboxylic acid groups (broad SMARTS) is 1. The summed E-state index contributed by atoms with van der Waals surface area (Å²) in [5, 5.41) is 12.2. The van der Waals surface area contributed by atoms with Crippen molar-refractivity contribution in [2.45, 2.75) is 181 Å². The van der Waals surface area contributed by atoms with Crippen LogP contribution in [0.1, 0.15) is 128 Å². The molecule has 2 amide bonds. The molecule has 15 nitrogen and oxygen atoms in total. The Balaban J connectivity index is -0.00000121. The van der Waals surface area contributed by atoms with Gasteiger partial charge >= 0.3 is 18.2 Å². The average Bonchev–Trinajstić information content (AvgIpc) is 1.82. The van der Waals surface area contributed by atoms with Crippen LogP contribution in [0, 0.1) is 20.8 Å². The summed E-state index contributed by atoms with van der Waals surface area (Å²) in [6.45, 7) is 17.0. The molecule has 0 spiro atoms. The van der Waals surface area contributed by atoms with Crippen LogP contribution in [0.2, 0.25) is 0 Å². The van der Waals surface area contributed by atoms with E-state index in [1.54, 1.807) is 267 Å². The number of hydrogen-bond donors (Lipinski definition) is 3. The minimum atomic E-state index is -1.12. The van der Waals surface area contributed by atoms with Crippen molar-refractivity contribution in [3.05, 3.63) is 83.1 Å². The van der Waals surface area contributed by atoms with Gasteiger partial charge in [0.15, 0.2) is 11.6 Å². The van der Waals surface area contributed by atoms with E-state index < -0.39 is 60.0 Å². The van der Waals surface area contributed by atoms with Crippen LogP contribution < -0.4 is 11.1 Å². The number of nitrogens with zero attached hydrogens (tertiary/aromatic N) is 5. The number of amides is 2. The van der Waals surface area contributed by atoms with Crippen molar-refractivity contribution in [1.29, 1.82) is 0 Å². The molecule has 3 unspecified atom stereocenters. The van der Waals surface area contributed by atoms with Gasteiger partial charge in [0.05, 0.1) is 24.9 Å². The van der Waals surface area contributed by atoms with Crippen molar-refractivity contribution in [2.24, 2.45) is 0 Å². The van der Waals surface area contributed by atoms with E-state index in [1.165, 1.54) is 58.2 Å². The molecule has 0 bridgehead atoms. The monoisotopic (exact) mass is 2190 g/mol. The van der Waals surface area contributed by atoms with Gasteiger partial charge in [-0.2, -0.15) is 0 Å². The summed E-state index contributed by atoms with van der Waals surface area (Å²) in [5.41, 5.74) is 8.16. The van der Waals surface area contributed by atoms with E-state index in [-0.39, 0.29) is 94.0 Å². The first-order valence-electron chi connectivity index (χ1n) is 29.3. The van der Waals surface area contributed by atoms with Crippen molar-refractivity contribution in [3.63, 3.8) is 0 Å². The first-order chi connectivity index (χ1) is 50.0. The fourth-order valence-corrected chi connectivity index (χ4v) is 73.8. The number of hydrogen-bond acceptors (Lipinski definition) is 18. The highest BCUT2D eigenvalue weighted by Gasteiger charge is 2.37. The maximum absolute atomic E-state index is 13.8. The zero-order valence-electron chi connectivity index (χ0n) is 57.3. The van der Waals surface area contributed by atoms with Gasteiger partial charge in [0.25, 0.3) is 0 Å². The number of halogens is 5. The third-order valence-electron chi connectivity index (χ3n) is 11.8. The third kappa shape index (κ3) is 66.4. The zero-order valence-corrected chi connectivity index (χ0v) is 88.4. The highest BCUT2D eigenvalue weighted by molar-refractivity contribution is 8.77. The van der Waals surface area contributed by atoms with Gasteiger partial charge in [-0.3, -0.25) is 29.4 Å². The topological polar surface area (TPSA) is 207 Å². The Kier molecular flexibility index (Phi) is 78.8. The Bertz CT molecular complexity index is 4670. The lowest BCUT2D eigenvalue weighted by Gasteiger charge is -2.31. The Morgan fingerprint density at radius 2 is 0.748 bits per heavy atom. The van der Waals surface area contributed by atoms with Gasteiger partial charge in [-0.05, 0) is 163 Å². The first kappa shape index (κ1) is 114. The molecule has 4 N–H and O–H groups in total. The number of nitrogens with two attached hydrogens (primary N) is 1. The minimum Gasteiger partial charge on any atom is -0.480 e. The molecular weight excluding hydrogens is 2120 g/mol. The Morgan fingerprint density at radius 3 is 1.06 bits per heavy atom. The van der Waals surface area contributed by atoms with E-state index in [0.717, 1.165) is 27.7 Å². The van der Waals surface area contributed by atoms with Crippen LogP contribution in [0.15, 0.2) is 54.6 Å². The fraction of sp³-hybridized carbons (Fsp3) is 0.608. The molecule has 3 aromatic heterocycles. The highest BCUT2D eigenvalue weighted by atomic mass is 35.5. The van der Waals surface area contributed by atoms with Crippen LogP contribution in [0.3, 0.4) is 0 Å². The quantitative estimate of drug-likeness (QED) is 0.201. The molecule has 3 aliphatic heterocycles. The summed E-state index contributed by atoms with van der Waals surface area (Å²) in [6.07, 6.45) is -0.794. The number of aryl methyl sites for hydroxylation is 3. The molecule has 3 saturated heterocycles. The second-order valence-electron chi connectivity index (χ2n) is 21.7. The molecule has 6 atom stereocenters. The van der Waals surface area contributed by atoms with Gasteiger partial charge in [0.1, 0.15) is 41.6 Å². The molecule has 107 heavy (non-hydrogen) atoms. The molecule has 6 rings (SSSR count). The Labute approximate surface area is 752 Å². The second kappa shape index (κ2) is 73.9.